The summed E-state index contributed by atoms with van der Waals surface area (Å²) in [6.07, 6.45) is 1.04. The van der Waals surface area contributed by atoms with Gasteiger partial charge in [0.2, 0.25) is 0 Å². The van der Waals surface area contributed by atoms with E-state index >= 15 is 0 Å². The first-order valence-corrected chi connectivity index (χ1v) is 6.26. The monoisotopic (exact) mass is 255 g/mol. The fraction of sp³-hybridized carbons (Fsp3) is 0.571. The van der Waals surface area contributed by atoms with Crippen molar-refractivity contribution in [3.8, 4) is 5.75 Å². The van der Waals surface area contributed by atoms with Crippen LogP contribution in [-0.2, 0) is 6.54 Å². The van der Waals surface area contributed by atoms with Gasteiger partial charge in [0.25, 0.3) is 0 Å². The summed E-state index contributed by atoms with van der Waals surface area (Å²) in [5.41, 5.74) is -0.0818. The third-order valence-corrected chi connectivity index (χ3v) is 2.28. The first kappa shape index (κ1) is 14.9. The van der Waals surface area contributed by atoms with Crippen LogP contribution in [0.2, 0.25) is 0 Å². The summed E-state index contributed by atoms with van der Waals surface area (Å²) in [5, 5.41) is 12.8. The van der Waals surface area contributed by atoms with Gasteiger partial charge in [-0.2, -0.15) is 0 Å². The predicted molar refractivity (Wildman–Crippen MR) is 70.2 cm³/mol. The number of benzene rings is 1. The smallest absolute Gasteiger partial charge is 0.127 e. The molecule has 0 atom stereocenters. The highest BCUT2D eigenvalue weighted by atomic mass is 19.1. The summed E-state index contributed by atoms with van der Waals surface area (Å²) in [5.74, 6) is 0.127. The minimum Gasteiger partial charge on any atom is -0.491 e. The van der Waals surface area contributed by atoms with Gasteiger partial charge in [0.15, 0.2) is 0 Å². The molecule has 0 saturated heterocycles. The topological polar surface area (TPSA) is 41.5 Å². The summed E-state index contributed by atoms with van der Waals surface area (Å²) in [7, 11) is 0. The van der Waals surface area contributed by atoms with Crippen LogP contribution in [0.5, 0.6) is 5.75 Å². The van der Waals surface area contributed by atoms with Gasteiger partial charge in [-0.1, -0.05) is 6.92 Å². The average molecular weight is 255 g/mol. The van der Waals surface area contributed by atoms with Gasteiger partial charge in [-0.3, -0.25) is 0 Å². The zero-order chi connectivity index (χ0) is 13.6. The fourth-order valence-corrected chi connectivity index (χ4v) is 1.48. The lowest BCUT2D eigenvalue weighted by atomic mass is 10.1. The van der Waals surface area contributed by atoms with Crippen LogP contribution in [-0.4, -0.2) is 23.9 Å². The van der Waals surface area contributed by atoms with E-state index in [1.54, 1.807) is 19.9 Å². The predicted octanol–water partition coefficient (Wildman–Crippen LogP) is 2.48. The van der Waals surface area contributed by atoms with Crippen LogP contribution in [0, 0.1) is 5.82 Å². The number of rotatable bonds is 7. The van der Waals surface area contributed by atoms with Gasteiger partial charge in [0, 0.05) is 12.6 Å². The van der Waals surface area contributed by atoms with Crippen molar-refractivity contribution in [1.29, 1.82) is 0 Å². The molecule has 18 heavy (non-hydrogen) atoms. The standard InChI is InChI=1S/C14H22FNO2/c1-4-5-16-9-11-6-12(15)8-13(7-11)18-10-14(2,3)17/h6-8,16-17H,4-5,9-10H2,1-3H3. The Hall–Kier alpha value is -1.13. The third kappa shape index (κ3) is 5.98. The third-order valence-electron chi connectivity index (χ3n) is 2.28. The van der Waals surface area contributed by atoms with E-state index in [0.29, 0.717) is 12.3 Å². The molecule has 4 heteroatoms. The maximum absolute atomic E-state index is 13.4. The Bertz CT molecular complexity index is 375. The maximum atomic E-state index is 13.4. The Balaban J connectivity index is 2.62. The van der Waals surface area contributed by atoms with Crippen molar-refractivity contribution < 1.29 is 14.2 Å². The fourth-order valence-electron chi connectivity index (χ4n) is 1.48. The Labute approximate surface area is 108 Å². The summed E-state index contributed by atoms with van der Waals surface area (Å²) in [6, 6.07) is 4.60. The van der Waals surface area contributed by atoms with Gasteiger partial charge < -0.3 is 15.2 Å². The second-order valence-electron chi connectivity index (χ2n) is 5.07. The second kappa shape index (κ2) is 6.71. The minimum atomic E-state index is -0.924. The quantitative estimate of drug-likeness (QED) is 0.735. The highest BCUT2D eigenvalue weighted by Gasteiger charge is 2.13. The van der Waals surface area contributed by atoms with E-state index < -0.39 is 5.60 Å². The van der Waals surface area contributed by atoms with Crippen molar-refractivity contribution in [3.05, 3.63) is 29.6 Å². The van der Waals surface area contributed by atoms with Crippen molar-refractivity contribution in [2.75, 3.05) is 13.2 Å². The van der Waals surface area contributed by atoms with Crippen LogP contribution in [0.25, 0.3) is 0 Å². The summed E-state index contributed by atoms with van der Waals surface area (Å²) in [6.45, 7) is 7.03. The van der Waals surface area contributed by atoms with Crippen molar-refractivity contribution in [3.63, 3.8) is 0 Å². The molecule has 0 spiro atoms. The van der Waals surface area contributed by atoms with Gasteiger partial charge in [-0.25, -0.2) is 4.39 Å². The van der Waals surface area contributed by atoms with E-state index in [9.17, 15) is 9.50 Å². The summed E-state index contributed by atoms with van der Waals surface area (Å²) in [4.78, 5) is 0. The zero-order valence-electron chi connectivity index (χ0n) is 11.3. The molecule has 1 aromatic rings. The number of aliphatic hydroxyl groups is 1. The van der Waals surface area contributed by atoms with Crippen molar-refractivity contribution in [2.45, 2.75) is 39.3 Å². The van der Waals surface area contributed by atoms with Crippen LogP contribution in [0.3, 0.4) is 0 Å². The van der Waals surface area contributed by atoms with Gasteiger partial charge in [0.05, 0.1) is 5.60 Å². The number of halogens is 1. The molecule has 0 unspecified atom stereocenters. The van der Waals surface area contributed by atoms with E-state index in [0.717, 1.165) is 18.5 Å². The molecule has 102 valence electrons. The molecule has 0 bridgehead atoms. The summed E-state index contributed by atoms with van der Waals surface area (Å²) < 4.78 is 18.8. The zero-order valence-corrected chi connectivity index (χ0v) is 11.3. The van der Waals surface area contributed by atoms with E-state index in [4.69, 9.17) is 4.74 Å². The SMILES string of the molecule is CCCNCc1cc(F)cc(OCC(C)(C)O)c1. The van der Waals surface area contributed by atoms with E-state index in [-0.39, 0.29) is 12.4 Å². The molecule has 0 amide bonds. The Morgan fingerprint density at radius 1 is 1.33 bits per heavy atom. The molecule has 2 N–H and O–H groups in total. The molecule has 1 aromatic carbocycles. The molecular formula is C14H22FNO2. The van der Waals surface area contributed by atoms with Crippen LogP contribution < -0.4 is 10.1 Å². The Morgan fingerprint density at radius 2 is 2.06 bits per heavy atom. The van der Waals surface area contributed by atoms with Crippen LogP contribution >= 0.6 is 0 Å². The molecule has 0 aromatic heterocycles. The van der Waals surface area contributed by atoms with Gasteiger partial charge >= 0.3 is 0 Å². The molecule has 0 heterocycles. The molecule has 1 rings (SSSR count). The molecular weight excluding hydrogens is 233 g/mol. The van der Waals surface area contributed by atoms with E-state index in [1.165, 1.54) is 12.1 Å². The molecule has 0 aliphatic rings. The Kier molecular flexibility index (Phi) is 5.56. The molecule has 0 saturated carbocycles. The van der Waals surface area contributed by atoms with Crippen molar-refractivity contribution >= 4 is 0 Å². The molecule has 0 aliphatic carbocycles. The second-order valence-corrected chi connectivity index (χ2v) is 5.07. The number of nitrogens with one attached hydrogen (secondary N) is 1. The molecule has 0 radical (unpaired) electrons. The highest BCUT2D eigenvalue weighted by molar-refractivity contribution is 5.29. The normalized spacial score (nSPS) is 11.6. The molecule has 0 aliphatic heterocycles. The largest absolute Gasteiger partial charge is 0.491 e. The van der Waals surface area contributed by atoms with Gasteiger partial charge in [-0.05, 0) is 44.5 Å². The first-order chi connectivity index (χ1) is 8.40. The number of hydrogen-bond acceptors (Lipinski definition) is 3. The van der Waals surface area contributed by atoms with Gasteiger partial charge in [0.1, 0.15) is 18.2 Å². The Morgan fingerprint density at radius 3 is 2.67 bits per heavy atom. The summed E-state index contributed by atoms with van der Waals surface area (Å²) >= 11 is 0. The number of hydrogen-bond donors (Lipinski definition) is 2. The van der Waals surface area contributed by atoms with E-state index in [2.05, 4.69) is 12.2 Å². The lowest BCUT2D eigenvalue weighted by molar-refractivity contribution is 0.0283. The van der Waals surface area contributed by atoms with Crippen molar-refractivity contribution in [2.24, 2.45) is 0 Å². The number of ether oxygens (including phenoxy) is 1. The highest BCUT2D eigenvalue weighted by Crippen LogP contribution is 2.18. The lowest BCUT2D eigenvalue weighted by Crippen LogP contribution is -2.27. The van der Waals surface area contributed by atoms with Gasteiger partial charge in [-0.15, -0.1) is 0 Å². The minimum absolute atomic E-state index is 0.137. The van der Waals surface area contributed by atoms with Crippen molar-refractivity contribution in [1.82, 2.24) is 5.32 Å². The molecule has 3 nitrogen and oxygen atoms in total. The lowest BCUT2D eigenvalue weighted by Gasteiger charge is -2.18. The molecule has 0 fully saturated rings. The average Bonchev–Trinajstić information content (AvgIpc) is 2.25. The van der Waals surface area contributed by atoms with Crippen LogP contribution in [0.1, 0.15) is 32.8 Å². The first-order valence-electron chi connectivity index (χ1n) is 6.26. The van der Waals surface area contributed by atoms with Crippen LogP contribution in [0.15, 0.2) is 18.2 Å². The van der Waals surface area contributed by atoms with E-state index in [1.807, 2.05) is 0 Å². The maximum Gasteiger partial charge on any atom is 0.127 e. The van der Waals surface area contributed by atoms with Crippen LogP contribution in [0.4, 0.5) is 4.39 Å².